The van der Waals surface area contributed by atoms with E-state index in [1.54, 1.807) is 25.5 Å². The van der Waals surface area contributed by atoms with Crippen LogP contribution in [0.1, 0.15) is 28.8 Å². The highest BCUT2D eigenvalue weighted by Gasteiger charge is 2.03. The van der Waals surface area contributed by atoms with Crippen molar-refractivity contribution in [1.29, 1.82) is 0 Å². The quantitative estimate of drug-likeness (QED) is 0.351. The summed E-state index contributed by atoms with van der Waals surface area (Å²) in [5, 5.41) is 7.84. The maximum atomic E-state index is 5.75. The van der Waals surface area contributed by atoms with Crippen LogP contribution in [0.15, 0.2) is 35.5 Å². The maximum Gasteiger partial charge on any atom is 0.191 e. The second kappa shape index (κ2) is 12.3. The molecule has 1 aromatic heterocycles. The minimum atomic E-state index is 0.657. The van der Waals surface area contributed by atoms with Gasteiger partial charge in [-0.15, -0.1) is 11.3 Å². The molecule has 2 rings (SSSR count). The number of ether oxygens (including phenoxy) is 2. The minimum Gasteiger partial charge on any atom is -0.493 e. The van der Waals surface area contributed by atoms with Crippen LogP contribution in [0.2, 0.25) is 0 Å². The van der Waals surface area contributed by atoms with Crippen molar-refractivity contribution in [1.82, 2.24) is 15.6 Å². The Hall–Kier alpha value is -2.12. The summed E-state index contributed by atoms with van der Waals surface area (Å²) >= 11 is 1.78. The molecule has 0 aliphatic heterocycles. The summed E-state index contributed by atoms with van der Waals surface area (Å²) in [7, 11) is 3.48. The largest absolute Gasteiger partial charge is 0.493 e. The Morgan fingerprint density at radius 2 is 2.15 bits per heavy atom. The Bertz CT molecular complexity index is 703. The molecule has 2 aromatic rings. The number of nitrogens with zero attached hydrogens (tertiary/aromatic N) is 2. The molecule has 7 heteroatoms. The van der Waals surface area contributed by atoms with Crippen molar-refractivity contribution in [3.8, 4) is 5.75 Å². The first-order chi connectivity index (χ1) is 13.2. The van der Waals surface area contributed by atoms with E-state index in [0.717, 1.165) is 48.1 Å². The fourth-order valence-electron chi connectivity index (χ4n) is 2.46. The Morgan fingerprint density at radius 3 is 2.89 bits per heavy atom. The molecule has 1 heterocycles. The van der Waals surface area contributed by atoms with Crippen LogP contribution in [-0.2, 0) is 24.1 Å². The fraction of sp³-hybridized carbons (Fsp3) is 0.500. The number of aromatic nitrogens is 1. The molecule has 148 valence electrons. The van der Waals surface area contributed by atoms with E-state index >= 15 is 0 Å². The summed E-state index contributed by atoms with van der Waals surface area (Å²) in [6.07, 6.45) is 4.80. The van der Waals surface area contributed by atoms with E-state index < -0.39 is 0 Å². The second-order valence-electron chi connectivity index (χ2n) is 6.02. The van der Waals surface area contributed by atoms with Gasteiger partial charge in [0.25, 0.3) is 0 Å². The first-order valence-electron chi connectivity index (χ1n) is 9.34. The summed E-state index contributed by atoms with van der Waals surface area (Å²) in [6.45, 7) is 5.01. The fourth-order valence-corrected chi connectivity index (χ4v) is 3.32. The van der Waals surface area contributed by atoms with E-state index in [1.807, 2.05) is 18.3 Å². The summed E-state index contributed by atoms with van der Waals surface area (Å²) in [5.74, 6) is 1.66. The number of guanidine groups is 1. The summed E-state index contributed by atoms with van der Waals surface area (Å²) in [4.78, 5) is 10.1. The van der Waals surface area contributed by atoms with Gasteiger partial charge in [-0.05, 0) is 24.1 Å². The number of rotatable bonds is 11. The molecule has 1 aromatic carbocycles. The van der Waals surface area contributed by atoms with Crippen molar-refractivity contribution < 1.29 is 9.47 Å². The van der Waals surface area contributed by atoms with Crippen molar-refractivity contribution in [2.45, 2.75) is 32.7 Å². The normalized spacial score (nSPS) is 11.4. The standard InChI is InChI=1S/C20H30N4O2S/c1-4-18-15-23-19(27-18)9-10-22-20(21-2)24-14-16-7-5-8-17(13-16)26-12-6-11-25-3/h5,7-8,13,15H,4,6,9-12,14H2,1-3H3,(H2,21,22,24). The van der Waals surface area contributed by atoms with Crippen LogP contribution in [0.4, 0.5) is 0 Å². The highest BCUT2D eigenvalue weighted by atomic mass is 32.1. The van der Waals surface area contributed by atoms with Gasteiger partial charge in [-0.2, -0.15) is 0 Å². The Kier molecular flexibility index (Phi) is 9.65. The molecule has 0 aliphatic carbocycles. The minimum absolute atomic E-state index is 0.657. The smallest absolute Gasteiger partial charge is 0.191 e. The highest BCUT2D eigenvalue weighted by Crippen LogP contribution is 2.14. The van der Waals surface area contributed by atoms with Gasteiger partial charge in [0.1, 0.15) is 5.75 Å². The van der Waals surface area contributed by atoms with Crippen molar-refractivity contribution in [2.24, 2.45) is 4.99 Å². The lowest BCUT2D eigenvalue weighted by molar-refractivity contribution is 0.172. The monoisotopic (exact) mass is 390 g/mol. The van der Waals surface area contributed by atoms with E-state index in [1.165, 1.54) is 4.88 Å². The van der Waals surface area contributed by atoms with E-state index in [2.05, 4.69) is 39.7 Å². The van der Waals surface area contributed by atoms with Gasteiger partial charge in [-0.1, -0.05) is 19.1 Å². The summed E-state index contributed by atoms with van der Waals surface area (Å²) in [6, 6.07) is 8.10. The zero-order valence-electron chi connectivity index (χ0n) is 16.5. The van der Waals surface area contributed by atoms with Crippen LogP contribution in [0.5, 0.6) is 5.75 Å². The average Bonchev–Trinajstić information content (AvgIpc) is 3.16. The van der Waals surface area contributed by atoms with Crippen LogP contribution in [0, 0.1) is 0 Å². The molecular weight excluding hydrogens is 360 g/mol. The lowest BCUT2D eigenvalue weighted by atomic mass is 10.2. The number of nitrogens with one attached hydrogen (secondary N) is 2. The van der Waals surface area contributed by atoms with Crippen LogP contribution in [0.3, 0.4) is 0 Å². The van der Waals surface area contributed by atoms with E-state index in [4.69, 9.17) is 9.47 Å². The van der Waals surface area contributed by atoms with Gasteiger partial charge < -0.3 is 20.1 Å². The van der Waals surface area contributed by atoms with Gasteiger partial charge in [0.15, 0.2) is 5.96 Å². The summed E-state index contributed by atoms with van der Waals surface area (Å²) < 4.78 is 10.8. The number of methoxy groups -OCH3 is 1. The van der Waals surface area contributed by atoms with Crippen molar-refractivity contribution in [3.05, 3.63) is 45.9 Å². The Labute approximate surface area is 166 Å². The van der Waals surface area contributed by atoms with Crippen LogP contribution < -0.4 is 15.4 Å². The highest BCUT2D eigenvalue weighted by molar-refractivity contribution is 7.11. The van der Waals surface area contributed by atoms with Crippen LogP contribution in [-0.4, -0.2) is 44.9 Å². The number of thiazole rings is 1. The zero-order chi connectivity index (χ0) is 19.3. The molecule has 0 bridgehead atoms. The average molecular weight is 391 g/mol. The molecule has 0 unspecified atom stereocenters. The number of hydrogen-bond donors (Lipinski definition) is 2. The van der Waals surface area contributed by atoms with Gasteiger partial charge in [0.2, 0.25) is 0 Å². The SMILES string of the molecule is CCc1cnc(CCNC(=NC)NCc2cccc(OCCCOC)c2)s1. The van der Waals surface area contributed by atoms with Crippen LogP contribution >= 0.6 is 11.3 Å². The molecule has 0 saturated heterocycles. The van der Waals surface area contributed by atoms with Gasteiger partial charge in [0.05, 0.1) is 11.6 Å². The molecule has 0 aliphatic rings. The predicted octanol–water partition coefficient (Wildman–Crippen LogP) is 3.03. The summed E-state index contributed by atoms with van der Waals surface area (Å²) in [5.41, 5.74) is 1.15. The van der Waals surface area contributed by atoms with Crippen molar-refractivity contribution >= 4 is 17.3 Å². The number of aryl methyl sites for hydroxylation is 1. The van der Waals surface area contributed by atoms with E-state index in [0.29, 0.717) is 19.8 Å². The molecule has 0 amide bonds. The molecule has 0 saturated carbocycles. The third-order valence-corrected chi connectivity index (χ3v) is 5.13. The molecule has 0 atom stereocenters. The molecule has 2 N–H and O–H groups in total. The topological polar surface area (TPSA) is 67.8 Å². The van der Waals surface area contributed by atoms with Crippen molar-refractivity contribution in [3.63, 3.8) is 0 Å². The van der Waals surface area contributed by atoms with Gasteiger partial charge in [-0.3, -0.25) is 4.99 Å². The number of hydrogen-bond acceptors (Lipinski definition) is 5. The van der Waals surface area contributed by atoms with Gasteiger partial charge in [-0.25, -0.2) is 4.98 Å². The number of benzene rings is 1. The first kappa shape index (κ1) is 21.2. The Balaban J connectivity index is 1.73. The van der Waals surface area contributed by atoms with Crippen molar-refractivity contribution in [2.75, 3.05) is 33.9 Å². The lowest BCUT2D eigenvalue weighted by Gasteiger charge is -2.12. The third-order valence-electron chi connectivity index (χ3n) is 3.92. The van der Waals surface area contributed by atoms with Gasteiger partial charge >= 0.3 is 0 Å². The van der Waals surface area contributed by atoms with E-state index in [-0.39, 0.29) is 0 Å². The Morgan fingerprint density at radius 1 is 1.26 bits per heavy atom. The zero-order valence-corrected chi connectivity index (χ0v) is 17.3. The van der Waals surface area contributed by atoms with Gasteiger partial charge in [0, 0.05) is 57.8 Å². The molecule has 0 spiro atoms. The van der Waals surface area contributed by atoms with E-state index in [9.17, 15) is 0 Å². The second-order valence-corrected chi connectivity index (χ2v) is 7.22. The molecule has 0 fully saturated rings. The number of aliphatic imine (C=N–C) groups is 1. The third kappa shape index (κ3) is 7.97. The van der Waals surface area contributed by atoms with Crippen LogP contribution in [0.25, 0.3) is 0 Å². The molecule has 0 radical (unpaired) electrons. The molecule has 6 nitrogen and oxygen atoms in total. The maximum absolute atomic E-state index is 5.75. The predicted molar refractivity (Wildman–Crippen MR) is 112 cm³/mol. The molecular formula is C20H30N4O2S. The molecule has 27 heavy (non-hydrogen) atoms. The first-order valence-corrected chi connectivity index (χ1v) is 10.2. The lowest BCUT2D eigenvalue weighted by Crippen LogP contribution is -2.37.